The number of nitrogens with one attached hydrogen (secondary N) is 2. The van der Waals surface area contributed by atoms with Crippen molar-refractivity contribution in [1.82, 2.24) is 29.7 Å². The number of nitriles is 1. The Bertz CT molecular complexity index is 1610. The monoisotopic (exact) mass is 580 g/mol. The third-order valence-corrected chi connectivity index (χ3v) is 7.63. The quantitative estimate of drug-likeness (QED) is 0.258. The molecule has 1 atom stereocenters. The molecule has 42 heavy (non-hydrogen) atoms. The van der Waals surface area contributed by atoms with Gasteiger partial charge in [0.15, 0.2) is 0 Å². The summed E-state index contributed by atoms with van der Waals surface area (Å²) >= 11 is 0. The van der Waals surface area contributed by atoms with Crippen LogP contribution in [0, 0.1) is 11.3 Å². The van der Waals surface area contributed by atoms with Crippen LogP contribution in [0.3, 0.4) is 0 Å². The summed E-state index contributed by atoms with van der Waals surface area (Å²) in [7, 11) is 0. The molecular weight excluding hydrogens is 549 g/mol. The first-order valence-corrected chi connectivity index (χ1v) is 13.6. The van der Waals surface area contributed by atoms with Gasteiger partial charge in [-0.2, -0.15) is 24.2 Å². The molecule has 1 aliphatic rings. The van der Waals surface area contributed by atoms with Gasteiger partial charge in [-0.25, -0.2) is 13.6 Å². The van der Waals surface area contributed by atoms with E-state index in [-0.39, 0.29) is 24.1 Å². The Kier molecular flexibility index (Phi) is 8.17. The zero-order valence-electron chi connectivity index (χ0n) is 23.1. The summed E-state index contributed by atoms with van der Waals surface area (Å²) in [5.41, 5.74) is 2.17. The Morgan fingerprint density at radius 2 is 1.90 bits per heavy atom. The van der Waals surface area contributed by atoms with E-state index in [0.717, 1.165) is 31.2 Å². The molecule has 0 aromatic carbocycles. The molecule has 0 radical (unpaired) electrons. The molecule has 4 heterocycles. The molecule has 10 nitrogen and oxygen atoms in total. The molecule has 1 amide bonds. The number of aromatic nitrogens is 5. The van der Waals surface area contributed by atoms with Crippen LogP contribution in [0.2, 0.25) is 0 Å². The van der Waals surface area contributed by atoms with Gasteiger partial charge in [0.05, 0.1) is 58.3 Å². The summed E-state index contributed by atoms with van der Waals surface area (Å²) in [6.45, 7) is -0.399. The number of fused-ring (bicyclic) bond motifs is 1. The van der Waals surface area contributed by atoms with Crippen LogP contribution in [0.15, 0.2) is 49.1 Å². The Morgan fingerprint density at radius 3 is 2.57 bits per heavy atom. The standard InChI is InChI=1S/C29H31F3N8O2/c1-29(2,42)26(30)15-35-27(41)22-14-34-24(25-8-7-21-9-17(11-33)12-37-40(21)25)10-23(22)38-20-5-3-18(4-6-20)19-13-36-39(16-19)28(31)32/h7-10,12-14,16,18,20,26,28,42H,3-6,15H2,1-2H3,(H,34,38)(H,35,41)/t18?,20?,26-/m1/s1. The number of carbonyl (C=O) groups excluding carboxylic acids is 1. The van der Waals surface area contributed by atoms with Crippen molar-refractivity contribution in [3.63, 3.8) is 0 Å². The Morgan fingerprint density at radius 1 is 1.14 bits per heavy atom. The molecule has 13 heteroatoms. The first kappa shape index (κ1) is 29.1. The average Bonchev–Trinajstić information content (AvgIpc) is 3.63. The summed E-state index contributed by atoms with van der Waals surface area (Å²) in [4.78, 5) is 17.6. The molecule has 3 N–H and O–H groups in total. The van der Waals surface area contributed by atoms with Crippen LogP contribution < -0.4 is 10.6 Å². The van der Waals surface area contributed by atoms with Crippen LogP contribution in [-0.4, -0.2) is 59.8 Å². The lowest BCUT2D eigenvalue weighted by molar-refractivity contribution is -0.00178. The molecule has 1 saturated carbocycles. The molecule has 0 aliphatic heterocycles. The smallest absolute Gasteiger partial charge is 0.333 e. The number of hydrogen-bond acceptors (Lipinski definition) is 7. The van der Waals surface area contributed by atoms with E-state index >= 15 is 0 Å². The molecule has 1 fully saturated rings. The molecule has 0 saturated heterocycles. The highest BCUT2D eigenvalue weighted by Crippen LogP contribution is 2.35. The third kappa shape index (κ3) is 6.23. The maximum atomic E-state index is 14.4. The fraction of sp³-hybridized carbons (Fsp3) is 0.414. The van der Waals surface area contributed by atoms with Crippen molar-refractivity contribution in [2.75, 3.05) is 11.9 Å². The molecule has 4 aromatic heterocycles. The third-order valence-electron chi connectivity index (χ3n) is 7.63. The van der Waals surface area contributed by atoms with E-state index in [1.165, 1.54) is 38.6 Å². The van der Waals surface area contributed by atoms with Gasteiger partial charge >= 0.3 is 6.55 Å². The minimum atomic E-state index is -2.68. The number of anilines is 1. The van der Waals surface area contributed by atoms with E-state index < -0.39 is 24.2 Å². The summed E-state index contributed by atoms with van der Waals surface area (Å²) in [6.07, 6.45) is 7.01. The molecule has 0 spiro atoms. The molecular formula is C29H31F3N8O2. The average molecular weight is 581 g/mol. The highest BCUT2D eigenvalue weighted by Gasteiger charge is 2.29. The van der Waals surface area contributed by atoms with Gasteiger partial charge in [0.25, 0.3) is 5.91 Å². The molecule has 1 aliphatic carbocycles. The summed E-state index contributed by atoms with van der Waals surface area (Å²) in [5.74, 6) is -0.445. The molecule has 4 aromatic rings. The normalized spacial score (nSPS) is 18.1. The van der Waals surface area contributed by atoms with E-state index in [1.807, 2.05) is 12.1 Å². The van der Waals surface area contributed by atoms with Crippen LogP contribution in [0.4, 0.5) is 18.9 Å². The number of carbonyl (C=O) groups is 1. The zero-order chi connectivity index (χ0) is 30.0. The van der Waals surface area contributed by atoms with Crippen molar-refractivity contribution in [2.24, 2.45) is 0 Å². The first-order chi connectivity index (χ1) is 20.0. The van der Waals surface area contributed by atoms with Crippen LogP contribution in [0.5, 0.6) is 0 Å². The number of aliphatic hydroxyl groups is 1. The van der Waals surface area contributed by atoms with E-state index in [9.17, 15) is 28.3 Å². The lowest BCUT2D eigenvalue weighted by atomic mass is 9.83. The number of nitrogens with zero attached hydrogens (tertiary/aromatic N) is 6. The zero-order valence-corrected chi connectivity index (χ0v) is 23.1. The second-order valence-electron chi connectivity index (χ2n) is 11.1. The van der Waals surface area contributed by atoms with Crippen molar-refractivity contribution in [3.05, 3.63) is 65.7 Å². The number of hydrogen-bond donors (Lipinski definition) is 3. The number of pyridine rings is 1. The SMILES string of the molecule is CC(C)(O)[C@H](F)CNC(=O)c1cnc(-c2ccc3cc(C#N)cnn23)cc1NC1CCC(c2cnn(C(F)F)c2)CC1. The Hall–Kier alpha value is -4.44. The first-order valence-electron chi connectivity index (χ1n) is 13.6. The van der Waals surface area contributed by atoms with Crippen molar-refractivity contribution in [2.45, 2.75) is 69.8 Å². The van der Waals surface area contributed by atoms with Crippen LogP contribution in [0.1, 0.15) is 73.5 Å². The van der Waals surface area contributed by atoms with Crippen LogP contribution in [0.25, 0.3) is 16.9 Å². The Labute approximate surface area is 240 Å². The number of rotatable bonds is 9. The van der Waals surface area contributed by atoms with Gasteiger partial charge in [-0.15, -0.1) is 0 Å². The van der Waals surface area contributed by atoms with E-state index in [1.54, 1.807) is 16.6 Å². The van der Waals surface area contributed by atoms with E-state index in [2.05, 4.69) is 31.9 Å². The Balaban J connectivity index is 1.38. The lowest BCUT2D eigenvalue weighted by Crippen LogP contribution is -2.42. The van der Waals surface area contributed by atoms with Gasteiger partial charge in [0, 0.05) is 18.4 Å². The number of halogens is 3. The summed E-state index contributed by atoms with van der Waals surface area (Å²) < 4.78 is 42.6. The second kappa shape index (κ2) is 11.8. The highest BCUT2D eigenvalue weighted by molar-refractivity contribution is 6.00. The molecule has 220 valence electrons. The van der Waals surface area contributed by atoms with Gasteiger partial charge in [0.2, 0.25) is 0 Å². The van der Waals surface area contributed by atoms with Gasteiger partial charge in [-0.1, -0.05) is 0 Å². The molecule has 0 unspecified atom stereocenters. The fourth-order valence-corrected chi connectivity index (χ4v) is 5.14. The largest absolute Gasteiger partial charge is 0.387 e. The van der Waals surface area contributed by atoms with Crippen molar-refractivity contribution < 1.29 is 23.1 Å². The topological polar surface area (TPSA) is 133 Å². The molecule has 0 bridgehead atoms. The second-order valence-corrected chi connectivity index (χ2v) is 11.1. The van der Waals surface area contributed by atoms with Gasteiger partial charge in [-0.3, -0.25) is 9.78 Å². The summed E-state index contributed by atoms with van der Waals surface area (Å²) in [5, 5.41) is 33.2. The van der Waals surface area contributed by atoms with Crippen LogP contribution in [-0.2, 0) is 0 Å². The minimum Gasteiger partial charge on any atom is -0.387 e. The van der Waals surface area contributed by atoms with Gasteiger partial charge in [-0.05, 0) is 75.3 Å². The maximum absolute atomic E-state index is 14.4. The predicted octanol–water partition coefficient (Wildman–Crippen LogP) is 4.84. The highest BCUT2D eigenvalue weighted by atomic mass is 19.3. The van der Waals surface area contributed by atoms with Crippen molar-refractivity contribution >= 4 is 17.1 Å². The predicted molar refractivity (Wildman–Crippen MR) is 149 cm³/mol. The van der Waals surface area contributed by atoms with Crippen molar-refractivity contribution in [3.8, 4) is 17.5 Å². The van der Waals surface area contributed by atoms with E-state index in [0.29, 0.717) is 32.8 Å². The van der Waals surface area contributed by atoms with Gasteiger partial charge in [0.1, 0.15) is 12.2 Å². The van der Waals surface area contributed by atoms with Gasteiger partial charge < -0.3 is 15.7 Å². The summed E-state index contributed by atoms with van der Waals surface area (Å²) in [6, 6.07) is 9.12. The van der Waals surface area contributed by atoms with E-state index in [4.69, 9.17) is 0 Å². The number of alkyl halides is 3. The maximum Gasteiger partial charge on any atom is 0.333 e. The fourth-order valence-electron chi connectivity index (χ4n) is 5.14. The van der Waals surface area contributed by atoms with Crippen LogP contribution >= 0.6 is 0 Å². The number of amides is 1. The molecule has 5 rings (SSSR count). The minimum absolute atomic E-state index is 0.0149. The lowest BCUT2D eigenvalue weighted by Gasteiger charge is -2.30. The van der Waals surface area contributed by atoms with Crippen molar-refractivity contribution in [1.29, 1.82) is 5.26 Å².